The minimum absolute atomic E-state index is 0.228. The van der Waals surface area contributed by atoms with Crippen molar-refractivity contribution in [3.05, 3.63) is 30.1 Å². The van der Waals surface area contributed by atoms with E-state index in [2.05, 4.69) is 53.1 Å². The Morgan fingerprint density at radius 1 is 1.24 bits per heavy atom. The van der Waals surface area contributed by atoms with Crippen LogP contribution in [-0.4, -0.2) is 70.1 Å². The van der Waals surface area contributed by atoms with Crippen molar-refractivity contribution in [2.45, 2.75) is 39.8 Å². The van der Waals surface area contributed by atoms with Gasteiger partial charge in [0.05, 0.1) is 17.4 Å². The van der Waals surface area contributed by atoms with Crippen molar-refractivity contribution < 1.29 is 9.59 Å². The highest BCUT2D eigenvalue weighted by molar-refractivity contribution is 6.07. The topological polar surface area (TPSA) is 73.2 Å². The number of carbonyl (C=O) groups excluding carboxylic acids is 2. The van der Waals surface area contributed by atoms with Gasteiger partial charge in [-0.2, -0.15) is 5.10 Å². The van der Waals surface area contributed by atoms with Gasteiger partial charge in [0, 0.05) is 57.9 Å². The van der Waals surface area contributed by atoms with Crippen molar-refractivity contribution in [2.75, 3.05) is 37.6 Å². The summed E-state index contributed by atoms with van der Waals surface area (Å²) < 4.78 is 1.78. The third kappa shape index (κ3) is 4.28. The molecular formula is C21H30N6O2. The van der Waals surface area contributed by atoms with Crippen LogP contribution in [0.15, 0.2) is 24.5 Å². The normalized spacial score (nSPS) is 21.9. The fraction of sp³-hybridized carbons (Fsp3) is 0.571. The van der Waals surface area contributed by atoms with Crippen LogP contribution >= 0.6 is 0 Å². The van der Waals surface area contributed by atoms with E-state index in [9.17, 15) is 9.59 Å². The molecule has 4 rings (SSSR count). The number of piperazine rings is 1. The zero-order valence-corrected chi connectivity index (χ0v) is 17.5. The predicted octanol–water partition coefficient (Wildman–Crippen LogP) is 1.94. The summed E-state index contributed by atoms with van der Waals surface area (Å²) in [5.41, 5.74) is 2.83. The molecule has 2 aliphatic heterocycles. The second-order valence-corrected chi connectivity index (χ2v) is 8.62. The Hall–Kier alpha value is -2.45. The van der Waals surface area contributed by atoms with Crippen LogP contribution in [0.5, 0.6) is 0 Å². The van der Waals surface area contributed by atoms with E-state index in [4.69, 9.17) is 0 Å². The molecule has 3 amide bonds. The smallest absolute Gasteiger partial charge is 0.300 e. The molecule has 8 nitrogen and oxygen atoms in total. The molecule has 0 aromatic carbocycles. The molecule has 2 saturated heterocycles. The van der Waals surface area contributed by atoms with E-state index in [1.807, 2.05) is 6.20 Å². The number of pyridine rings is 1. The number of nitrogens with zero attached hydrogens (tertiary/aromatic N) is 5. The maximum absolute atomic E-state index is 12.2. The van der Waals surface area contributed by atoms with Gasteiger partial charge in [0.1, 0.15) is 0 Å². The third-order valence-corrected chi connectivity index (χ3v) is 5.77. The van der Waals surface area contributed by atoms with Gasteiger partial charge >= 0.3 is 6.03 Å². The van der Waals surface area contributed by atoms with Crippen LogP contribution in [-0.2, 0) is 11.3 Å². The molecule has 0 saturated carbocycles. The number of imide groups is 1. The predicted molar refractivity (Wildman–Crippen MR) is 112 cm³/mol. The Morgan fingerprint density at radius 3 is 2.79 bits per heavy atom. The van der Waals surface area contributed by atoms with Gasteiger partial charge in [0.2, 0.25) is 5.91 Å². The Balaban J connectivity index is 1.49. The van der Waals surface area contributed by atoms with Crippen molar-refractivity contribution in [1.29, 1.82) is 0 Å². The van der Waals surface area contributed by atoms with Crippen LogP contribution < -0.4 is 10.2 Å². The average molecular weight is 399 g/mol. The number of rotatable bonds is 5. The number of hydrogen-bond donors (Lipinski definition) is 1. The second kappa shape index (κ2) is 8.12. The SMILES string of the molecule is CC(C)CN1CCN(Cc2ccn3ncc(N4CCC(=O)NC4=O)c3c2)C(C)C1. The summed E-state index contributed by atoms with van der Waals surface area (Å²) in [6.45, 7) is 12.5. The Morgan fingerprint density at radius 2 is 2.07 bits per heavy atom. The van der Waals surface area contributed by atoms with Gasteiger partial charge in [-0.3, -0.25) is 19.9 Å². The maximum Gasteiger partial charge on any atom is 0.328 e. The number of aromatic nitrogens is 2. The van der Waals surface area contributed by atoms with Crippen LogP contribution in [0.2, 0.25) is 0 Å². The average Bonchev–Trinajstić information content (AvgIpc) is 3.07. The van der Waals surface area contributed by atoms with Crippen molar-refractivity contribution in [3.63, 3.8) is 0 Å². The minimum atomic E-state index is -0.378. The molecular weight excluding hydrogens is 368 g/mol. The van der Waals surface area contributed by atoms with Crippen molar-refractivity contribution in [3.8, 4) is 0 Å². The minimum Gasteiger partial charge on any atom is -0.300 e. The van der Waals surface area contributed by atoms with Crippen LogP contribution in [0.1, 0.15) is 32.8 Å². The van der Waals surface area contributed by atoms with E-state index in [-0.39, 0.29) is 11.9 Å². The summed E-state index contributed by atoms with van der Waals surface area (Å²) in [5, 5.41) is 6.76. The second-order valence-electron chi connectivity index (χ2n) is 8.62. The highest BCUT2D eigenvalue weighted by atomic mass is 16.2. The molecule has 2 aliphatic rings. The van der Waals surface area contributed by atoms with Gasteiger partial charge in [-0.25, -0.2) is 9.31 Å². The van der Waals surface area contributed by atoms with Crippen molar-refractivity contribution >= 4 is 23.1 Å². The quantitative estimate of drug-likeness (QED) is 0.833. The standard InChI is InChI=1S/C21H30N6O2/c1-15(2)12-24-8-9-25(16(3)13-24)14-17-4-7-27-18(10-17)19(11-22-27)26-6-5-20(28)23-21(26)29/h4,7,10-11,15-16H,5-6,8-9,12-14H2,1-3H3,(H,23,28,29). The van der Waals surface area contributed by atoms with Crippen molar-refractivity contribution in [1.82, 2.24) is 24.7 Å². The number of anilines is 1. The Kier molecular flexibility index (Phi) is 5.56. The largest absolute Gasteiger partial charge is 0.328 e. The molecule has 0 aliphatic carbocycles. The molecule has 2 aromatic heterocycles. The number of nitrogens with one attached hydrogen (secondary N) is 1. The first-order valence-electron chi connectivity index (χ1n) is 10.4. The summed E-state index contributed by atoms with van der Waals surface area (Å²) in [5.74, 6) is 0.465. The van der Waals surface area contributed by atoms with E-state index in [0.29, 0.717) is 24.9 Å². The van der Waals surface area contributed by atoms with Crippen LogP contribution in [0.4, 0.5) is 10.5 Å². The van der Waals surface area contributed by atoms with E-state index in [0.717, 1.165) is 43.9 Å². The molecule has 2 aromatic rings. The number of urea groups is 1. The molecule has 0 spiro atoms. The van der Waals surface area contributed by atoms with Crippen LogP contribution in [0, 0.1) is 5.92 Å². The molecule has 0 radical (unpaired) electrons. The van der Waals surface area contributed by atoms with Gasteiger partial charge in [-0.15, -0.1) is 0 Å². The summed E-state index contributed by atoms with van der Waals surface area (Å²) >= 11 is 0. The van der Waals surface area contributed by atoms with Gasteiger partial charge in [0.15, 0.2) is 0 Å². The van der Waals surface area contributed by atoms with E-state index >= 15 is 0 Å². The first-order valence-corrected chi connectivity index (χ1v) is 10.4. The lowest BCUT2D eigenvalue weighted by Crippen LogP contribution is -2.52. The monoisotopic (exact) mass is 398 g/mol. The molecule has 4 heterocycles. The lowest BCUT2D eigenvalue weighted by molar-refractivity contribution is -0.120. The number of amides is 3. The van der Waals surface area contributed by atoms with Crippen molar-refractivity contribution in [2.24, 2.45) is 5.92 Å². The van der Waals surface area contributed by atoms with Crippen LogP contribution in [0.3, 0.4) is 0 Å². The zero-order valence-electron chi connectivity index (χ0n) is 17.5. The third-order valence-electron chi connectivity index (χ3n) is 5.77. The lowest BCUT2D eigenvalue weighted by atomic mass is 10.1. The molecule has 29 heavy (non-hydrogen) atoms. The van der Waals surface area contributed by atoms with E-state index in [1.165, 1.54) is 5.56 Å². The number of fused-ring (bicyclic) bond motifs is 1. The Labute approximate surface area is 171 Å². The highest BCUT2D eigenvalue weighted by Crippen LogP contribution is 2.25. The fourth-order valence-corrected chi connectivity index (χ4v) is 4.33. The highest BCUT2D eigenvalue weighted by Gasteiger charge is 2.27. The maximum atomic E-state index is 12.2. The first kappa shape index (κ1) is 19.8. The Bertz CT molecular complexity index is 908. The van der Waals surface area contributed by atoms with E-state index < -0.39 is 0 Å². The molecule has 1 N–H and O–H groups in total. The summed E-state index contributed by atoms with van der Waals surface area (Å²) in [4.78, 5) is 30.4. The van der Waals surface area contributed by atoms with E-state index in [1.54, 1.807) is 15.6 Å². The molecule has 0 bridgehead atoms. The summed E-state index contributed by atoms with van der Waals surface area (Å²) in [6, 6.07) is 4.33. The zero-order chi connectivity index (χ0) is 20.5. The molecule has 156 valence electrons. The number of carbonyl (C=O) groups is 2. The number of hydrogen-bond acceptors (Lipinski definition) is 5. The summed E-state index contributed by atoms with van der Waals surface area (Å²) in [7, 11) is 0. The summed E-state index contributed by atoms with van der Waals surface area (Å²) in [6.07, 6.45) is 3.95. The van der Waals surface area contributed by atoms with Gasteiger partial charge in [-0.05, 0) is 30.5 Å². The molecule has 1 unspecified atom stereocenters. The fourth-order valence-electron chi connectivity index (χ4n) is 4.33. The van der Waals surface area contributed by atoms with Gasteiger partial charge in [0.25, 0.3) is 0 Å². The molecule has 1 atom stereocenters. The van der Waals surface area contributed by atoms with Gasteiger partial charge < -0.3 is 4.90 Å². The lowest BCUT2D eigenvalue weighted by Gasteiger charge is -2.40. The molecule has 8 heteroatoms. The van der Waals surface area contributed by atoms with Gasteiger partial charge in [-0.1, -0.05) is 13.8 Å². The van der Waals surface area contributed by atoms with Crippen LogP contribution in [0.25, 0.3) is 5.52 Å². The first-order chi connectivity index (χ1) is 13.9. The molecule has 2 fully saturated rings.